The minimum Gasteiger partial charge on any atom is -0.329 e. The number of rotatable bonds is 16. The topological polar surface area (TPSA) is 41.3 Å². The lowest BCUT2D eigenvalue weighted by molar-refractivity contribution is 0.122. The van der Waals surface area contributed by atoms with Gasteiger partial charge in [0.05, 0.1) is 0 Å². The minimum absolute atomic E-state index is 0.409. The van der Waals surface area contributed by atoms with Crippen LogP contribution in [0.15, 0.2) is 0 Å². The second-order valence-electron chi connectivity index (χ2n) is 7.31. The number of hydrogen-bond acceptors (Lipinski definition) is 3. The highest BCUT2D eigenvalue weighted by atomic mass is 15.2. The van der Waals surface area contributed by atoms with Crippen molar-refractivity contribution in [1.29, 1.82) is 0 Å². The summed E-state index contributed by atoms with van der Waals surface area (Å²) in [5.41, 5.74) is 5.92. The van der Waals surface area contributed by atoms with Gasteiger partial charge in [-0.3, -0.25) is 4.90 Å². The lowest BCUT2D eigenvalue weighted by Crippen LogP contribution is -2.50. The maximum atomic E-state index is 5.92. The smallest absolute Gasteiger partial charge is 0.0315 e. The predicted octanol–water partition coefficient (Wildman–Crippen LogP) is 4.55. The number of hydrogen-bond donors (Lipinski definition) is 2. The summed E-state index contributed by atoms with van der Waals surface area (Å²) in [5, 5.41) is 3.38. The van der Waals surface area contributed by atoms with Crippen molar-refractivity contribution in [2.24, 2.45) is 5.73 Å². The number of nitrogens with one attached hydrogen (secondary N) is 1. The number of nitrogens with zero attached hydrogens (tertiary/aromatic N) is 1. The molecule has 0 amide bonds. The van der Waals surface area contributed by atoms with Crippen molar-refractivity contribution in [3.8, 4) is 0 Å². The zero-order chi connectivity index (χ0) is 17.5. The van der Waals surface area contributed by atoms with Gasteiger partial charge in [-0.05, 0) is 33.7 Å². The molecular formula is C20H45N3. The Bertz CT molecular complexity index is 223. The Kier molecular flexibility index (Phi) is 15.3. The van der Waals surface area contributed by atoms with Crippen molar-refractivity contribution in [2.45, 2.75) is 110 Å². The Morgan fingerprint density at radius 3 is 1.65 bits per heavy atom. The summed E-state index contributed by atoms with van der Waals surface area (Å²) in [6.45, 7) is 11.2. The second kappa shape index (κ2) is 15.4. The van der Waals surface area contributed by atoms with Gasteiger partial charge in [-0.15, -0.1) is 0 Å². The van der Waals surface area contributed by atoms with Gasteiger partial charge >= 0.3 is 0 Å². The predicted molar refractivity (Wildman–Crippen MR) is 105 cm³/mol. The molecule has 0 rings (SSSR count). The van der Waals surface area contributed by atoms with Gasteiger partial charge in [-0.25, -0.2) is 0 Å². The number of likely N-dealkylation sites (N-methyl/N-ethyl adjacent to an activating group) is 1. The fourth-order valence-electron chi connectivity index (χ4n) is 3.40. The maximum absolute atomic E-state index is 5.92. The summed E-state index contributed by atoms with van der Waals surface area (Å²) in [6.07, 6.45) is 13.5. The molecule has 3 atom stereocenters. The minimum atomic E-state index is 0.409. The van der Waals surface area contributed by atoms with Crippen molar-refractivity contribution in [3.63, 3.8) is 0 Å². The van der Waals surface area contributed by atoms with E-state index in [0.29, 0.717) is 18.1 Å². The monoisotopic (exact) mass is 327 g/mol. The van der Waals surface area contributed by atoms with Crippen LogP contribution >= 0.6 is 0 Å². The quantitative estimate of drug-likeness (QED) is 0.409. The van der Waals surface area contributed by atoms with Crippen molar-refractivity contribution >= 4 is 0 Å². The third kappa shape index (κ3) is 11.1. The van der Waals surface area contributed by atoms with Crippen LogP contribution in [0, 0.1) is 0 Å². The molecular weight excluding hydrogens is 282 g/mol. The molecule has 3 heteroatoms. The summed E-state index contributed by atoms with van der Waals surface area (Å²) < 4.78 is 0. The van der Waals surface area contributed by atoms with Crippen molar-refractivity contribution in [3.05, 3.63) is 0 Å². The van der Waals surface area contributed by atoms with Gasteiger partial charge in [-0.1, -0.05) is 65.2 Å². The molecule has 0 fully saturated rings. The molecule has 0 heterocycles. The Morgan fingerprint density at radius 1 is 0.826 bits per heavy atom. The summed E-state index contributed by atoms with van der Waals surface area (Å²) >= 11 is 0. The first kappa shape index (κ1) is 22.9. The molecule has 0 saturated heterocycles. The average Bonchev–Trinajstić information content (AvgIpc) is 2.56. The largest absolute Gasteiger partial charge is 0.329 e. The standard InChI is InChI=1S/C20H45N3/c1-6-8-10-12-14-18(3)23(17-20(16-21)22-5)19(4)15-13-11-9-7-2/h18-20,22H,6-17,21H2,1-5H3. The van der Waals surface area contributed by atoms with E-state index in [2.05, 4.69) is 37.9 Å². The van der Waals surface area contributed by atoms with Crippen molar-refractivity contribution in [2.75, 3.05) is 20.1 Å². The van der Waals surface area contributed by atoms with Crippen LogP contribution in [0.3, 0.4) is 0 Å². The Morgan fingerprint density at radius 2 is 1.30 bits per heavy atom. The third-order valence-corrected chi connectivity index (χ3v) is 5.21. The van der Waals surface area contributed by atoms with E-state index in [0.717, 1.165) is 13.1 Å². The van der Waals surface area contributed by atoms with E-state index in [-0.39, 0.29) is 0 Å². The van der Waals surface area contributed by atoms with Crippen molar-refractivity contribution in [1.82, 2.24) is 10.2 Å². The summed E-state index contributed by atoms with van der Waals surface area (Å²) in [4.78, 5) is 2.71. The van der Waals surface area contributed by atoms with Gasteiger partial charge in [0.15, 0.2) is 0 Å². The Hall–Kier alpha value is -0.120. The highest BCUT2D eigenvalue weighted by Crippen LogP contribution is 2.18. The molecule has 3 N–H and O–H groups in total. The van der Waals surface area contributed by atoms with Crippen molar-refractivity contribution < 1.29 is 0 Å². The highest BCUT2D eigenvalue weighted by molar-refractivity contribution is 4.80. The fraction of sp³-hybridized carbons (Fsp3) is 1.00. The summed E-state index contributed by atoms with van der Waals surface area (Å²) in [6, 6.07) is 1.73. The number of unbranched alkanes of at least 4 members (excludes halogenated alkanes) is 6. The molecule has 0 aromatic rings. The maximum Gasteiger partial charge on any atom is 0.0315 e. The van der Waals surface area contributed by atoms with Crippen LogP contribution in [0.25, 0.3) is 0 Å². The van der Waals surface area contributed by atoms with Crippen LogP contribution in [0.1, 0.15) is 91.9 Å². The molecule has 0 radical (unpaired) electrons. The SMILES string of the molecule is CCCCCCC(C)N(CC(CN)NC)C(C)CCCCCC. The van der Waals surface area contributed by atoms with Crippen LogP contribution in [0.5, 0.6) is 0 Å². The van der Waals surface area contributed by atoms with Gasteiger partial charge in [0.1, 0.15) is 0 Å². The van der Waals surface area contributed by atoms with E-state index < -0.39 is 0 Å². The fourth-order valence-corrected chi connectivity index (χ4v) is 3.40. The number of nitrogens with two attached hydrogens (primary N) is 1. The molecule has 0 aromatic heterocycles. The van der Waals surface area contributed by atoms with E-state index >= 15 is 0 Å². The molecule has 0 aromatic carbocycles. The lowest BCUT2D eigenvalue weighted by atomic mass is 10.0. The van der Waals surface area contributed by atoms with E-state index in [1.807, 2.05) is 7.05 Å². The van der Waals surface area contributed by atoms with Gasteiger partial charge in [0.2, 0.25) is 0 Å². The van der Waals surface area contributed by atoms with Gasteiger partial charge in [0.25, 0.3) is 0 Å². The molecule has 23 heavy (non-hydrogen) atoms. The average molecular weight is 328 g/mol. The van der Waals surface area contributed by atoms with Gasteiger partial charge < -0.3 is 11.1 Å². The second-order valence-corrected chi connectivity index (χ2v) is 7.31. The lowest BCUT2D eigenvalue weighted by Gasteiger charge is -2.37. The molecule has 0 saturated carbocycles. The molecule has 3 unspecified atom stereocenters. The van der Waals surface area contributed by atoms with E-state index in [4.69, 9.17) is 5.73 Å². The van der Waals surface area contributed by atoms with E-state index in [1.54, 1.807) is 0 Å². The molecule has 0 aliphatic carbocycles. The molecule has 0 aliphatic rings. The summed E-state index contributed by atoms with van der Waals surface area (Å²) in [5.74, 6) is 0. The zero-order valence-electron chi connectivity index (χ0n) is 16.7. The Balaban J connectivity index is 4.45. The van der Waals surface area contributed by atoms with Crippen LogP contribution in [0.2, 0.25) is 0 Å². The molecule has 140 valence electrons. The Labute approximate surface area is 146 Å². The third-order valence-electron chi connectivity index (χ3n) is 5.21. The molecule has 3 nitrogen and oxygen atoms in total. The van der Waals surface area contributed by atoms with Gasteiger partial charge in [-0.2, -0.15) is 0 Å². The first-order valence-corrected chi connectivity index (χ1v) is 10.2. The molecule has 0 aliphatic heterocycles. The molecule has 0 spiro atoms. The molecule has 0 bridgehead atoms. The van der Waals surface area contributed by atoms with E-state index in [1.165, 1.54) is 64.2 Å². The highest BCUT2D eigenvalue weighted by Gasteiger charge is 2.22. The van der Waals surface area contributed by atoms with Crippen LogP contribution in [-0.2, 0) is 0 Å². The van der Waals surface area contributed by atoms with Crippen LogP contribution in [0.4, 0.5) is 0 Å². The van der Waals surface area contributed by atoms with E-state index in [9.17, 15) is 0 Å². The van der Waals surface area contributed by atoms with Gasteiger partial charge in [0, 0.05) is 31.2 Å². The zero-order valence-corrected chi connectivity index (χ0v) is 16.7. The van der Waals surface area contributed by atoms with Crippen LogP contribution in [-0.4, -0.2) is 43.2 Å². The first-order chi connectivity index (χ1) is 11.1. The first-order valence-electron chi connectivity index (χ1n) is 10.2. The summed E-state index contributed by atoms with van der Waals surface area (Å²) in [7, 11) is 2.04. The normalized spacial score (nSPS) is 15.8. The van der Waals surface area contributed by atoms with Crippen LogP contribution < -0.4 is 11.1 Å².